The molecule has 0 aromatic heterocycles. The largest absolute Gasteiger partial charge is 0.348 e. The molecule has 1 atom stereocenters. The van der Waals surface area contributed by atoms with E-state index in [4.69, 9.17) is 0 Å². The molecule has 0 radical (unpaired) electrons. The first-order chi connectivity index (χ1) is 8.07. The van der Waals surface area contributed by atoms with Crippen LogP contribution in [0.25, 0.3) is 0 Å². The Balaban J connectivity index is 1.82. The third-order valence-corrected chi connectivity index (χ3v) is 3.35. The van der Waals surface area contributed by atoms with Crippen LogP contribution in [0.15, 0.2) is 12.2 Å². The second-order valence-electron chi connectivity index (χ2n) is 5.67. The van der Waals surface area contributed by atoms with Crippen molar-refractivity contribution in [1.82, 2.24) is 15.5 Å². The number of rotatable bonds is 4. The first kappa shape index (κ1) is 12.6. The third kappa shape index (κ3) is 3.54. The predicted octanol–water partition coefficient (Wildman–Crippen LogP) is 0.505. The van der Waals surface area contributed by atoms with Crippen molar-refractivity contribution < 1.29 is 4.79 Å². The Kier molecular flexibility index (Phi) is 3.84. The van der Waals surface area contributed by atoms with E-state index in [1.165, 1.54) is 25.9 Å². The molecule has 0 aromatic carbocycles. The summed E-state index contributed by atoms with van der Waals surface area (Å²) in [6.07, 6.45) is 6.51. The van der Waals surface area contributed by atoms with E-state index in [9.17, 15) is 4.79 Å². The molecule has 2 aliphatic rings. The number of carbonyl (C=O) groups is 1. The predicted molar refractivity (Wildman–Crippen MR) is 68.8 cm³/mol. The van der Waals surface area contributed by atoms with Crippen molar-refractivity contribution in [2.45, 2.75) is 38.3 Å². The van der Waals surface area contributed by atoms with Gasteiger partial charge in [-0.25, -0.2) is 0 Å². The maximum absolute atomic E-state index is 12.0. The van der Waals surface area contributed by atoms with E-state index in [-0.39, 0.29) is 17.5 Å². The minimum atomic E-state index is -0.153. The van der Waals surface area contributed by atoms with Gasteiger partial charge in [-0.2, -0.15) is 0 Å². The van der Waals surface area contributed by atoms with Crippen molar-refractivity contribution in [1.29, 1.82) is 0 Å². The SMILES string of the molecule is CC(C)(CN1CCCC1)NC(=O)[C@@H]1C=CCN1. The lowest BCUT2D eigenvalue weighted by atomic mass is 10.0. The highest BCUT2D eigenvalue weighted by molar-refractivity contribution is 5.84. The van der Waals surface area contributed by atoms with Crippen LogP contribution in [0, 0.1) is 0 Å². The van der Waals surface area contributed by atoms with Gasteiger partial charge in [0.25, 0.3) is 0 Å². The molecule has 17 heavy (non-hydrogen) atoms. The molecule has 0 aromatic rings. The van der Waals surface area contributed by atoms with Gasteiger partial charge in [-0.15, -0.1) is 0 Å². The van der Waals surface area contributed by atoms with E-state index in [0.717, 1.165) is 13.1 Å². The fourth-order valence-corrected chi connectivity index (χ4v) is 2.60. The molecule has 1 fully saturated rings. The van der Waals surface area contributed by atoms with E-state index in [0.29, 0.717) is 0 Å². The molecule has 1 saturated heterocycles. The maximum atomic E-state index is 12.0. The molecular formula is C13H23N3O. The normalized spacial score (nSPS) is 25.4. The summed E-state index contributed by atoms with van der Waals surface area (Å²) < 4.78 is 0. The minimum Gasteiger partial charge on any atom is -0.348 e. The van der Waals surface area contributed by atoms with Crippen LogP contribution in [0.5, 0.6) is 0 Å². The summed E-state index contributed by atoms with van der Waals surface area (Å²) in [7, 11) is 0. The average molecular weight is 237 g/mol. The van der Waals surface area contributed by atoms with Crippen molar-refractivity contribution in [2.75, 3.05) is 26.2 Å². The summed E-state index contributed by atoms with van der Waals surface area (Å²) >= 11 is 0. The summed E-state index contributed by atoms with van der Waals surface area (Å²) in [6, 6.07) is -0.146. The van der Waals surface area contributed by atoms with Crippen molar-refractivity contribution in [2.24, 2.45) is 0 Å². The zero-order valence-electron chi connectivity index (χ0n) is 10.8. The topological polar surface area (TPSA) is 44.4 Å². The number of nitrogens with zero attached hydrogens (tertiary/aromatic N) is 1. The van der Waals surface area contributed by atoms with Crippen LogP contribution in [-0.4, -0.2) is 48.6 Å². The van der Waals surface area contributed by atoms with E-state index in [1.54, 1.807) is 0 Å². The molecule has 96 valence electrons. The lowest BCUT2D eigenvalue weighted by Crippen LogP contribution is -2.55. The third-order valence-electron chi connectivity index (χ3n) is 3.35. The van der Waals surface area contributed by atoms with E-state index in [2.05, 4.69) is 29.4 Å². The fraction of sp³-hybridized carbons (Fsp3) is 0.769. The quantitative estimate of drug-likeness (QED) is 0.700. The monoisotopic (exact) mass is 237 g/mol. The summed E-state index contributed by atoms with van der Waals surface area (Å²) in [5, 5.41) is 6.27. The zero-order chi connectivity index (χ0) is 12.3. The first-order valence-corrected chi connectivity index (χ1v) is 6.51. The highest BCUT2D eigenvalue weighted by Crippen LogP contribution is 2.13. The van der Waals surface area contributed by atoms with Gasteiger partial charge >= 0.3 is 0 Å². The Morgan fingerprint density at radius 1 is 1.47 bits per heavy atom. The molecule has 2 N–H and O–H groups in total. The number of hydrogen-bond donors (Lipinski definition) is 2. The summed E-state index contributed by atoms with van der Waals surface area (Å²) in [5.41, 5.74) is -0.153. The number of amides is 1. The summed E-state index contributed by atoms with van der Waals surface area (Å²) in [4.78, 5) is 14.4. The number of carbonyl (C=O) groups excluding carboxylic acids is 1. The molecule has 0 unspecified atom stereocenters. The summed E-state index contributed by atoms with van der Waals surface area (Å²) in [6.45, 7) is 8.27. The molecule has 2 aliphatic heterocycles. The molecule has 0 aliphatic carbocycles. The Bertz CT molecular complexity index is 306. The molecule has 2 heterocycles. The number of nitrogens with one attached hydrogen (secondary N) is 2. The van der Waals surface area contributed by atoms with Crippen LogP contribution >= 0.6 is 0 Å². The van der Waals surface area contributed by atoms with Gasteiger partial charge in [0.15, 0.2) is 0 Å². The summed E-state index contributed by atoms with van der Waals surface area (Å²) in [5.74, 6) is 0.0861. The number of likely N-dealkylation sites (tertiary alicyclic amines) is 1. The molecule has 4 nitrogen and oxygen atoms in total. The van der Waals surface area contributed by atoms with Crippen LogP contribution in [0.1, 0.15) is 26.7 Å². The van der Waals surface area contributed by atoms with Crippen LogP contribution in [0.4, 0.5) is 0 Å². The smallest absolute Gasteiger partial charge is 0.241 e. The lowest BCUT2D eigenvalue weighted by Gasteiger charge is -2.32. The average Bonchev–Trinajstić information content (AvgIpc) is 2.85. The van der Waals surface area contributed by atoms with E-state index >= 15 is 0 Å². The van der Waals surface area contributed by atoms with Gasteiger partial charge < -0.3 is 10.2 Å². The Labute approximate surface area is 103 Å². The lowest BCUT2D eigenvalue weighted by molar-refractivity contribution is -0.123. The Morgan fingerprint density at radius 3 is 2.76 bits per heavy atom. The minimum absolute atomic E-state index is 0.0861. The van der Waals surface area contributed by atoms with Gasteiger partial charge in [0.05, 0.1) is 0 Å². The second kappa shape index (κ2) is 5.19. The van der Waals surface area contributed by atoms with Crippen molar-refractivity contribution in [3.63, 3.8) is 0 Å². The molecule has 1 amide bonds. The number of hydrogen-bond acceptors (Lipinski definition) is 3. The highest BCUT2D eigenvalue weighted by Gasteiger charge is 2.28. The van der Waals surface area contributed by atoms with Crippen LogP contribution in [0.2, 0.25) is 0 Å². The van der Waals surface area contributed by atoms with Gasteiger partial charge in [-0.05, 0) is 39.8 Å². The van der Waals surface area contributed by atoms with Crippen molar-refractivity contribution in [3.8, 4) is 0 Å². The van der Waals surface area contributed by atoms with Crippen molar-refractivity contribution >= 4 is 5.91 Å². The van der Waals surface area contributed by atoms with Gasteiger partial charge in [0.1, 0.15) is 6.04 Å². The van der Waals surface area contributed by atoms with Crippen LogP contribution < -0.4 is 10.6 Å². The van der Waals surface area contributed by atoms with Gasteiger partial charge in [0.2, 0.25) is 5.91 Å². The standard InChI is InChI=1S/C13H23N3O/c1-13(2,10-16-8-3-4-9-16)15-12(17)11-6-5-7-14-11/h5-6,11,14H,3-4,7-10H2,1-2H3,(H,15,17)/t11-/m0/s1. The molecule has 0 bridgehead atoms. The van der Waals surface area contributed by atoms with E-state index < -0.39 is 0 Å². The molecule has 2 rings (SSSR count). The zero-order valence-corrected chi connectivity index (χ0v) is 10.8. The molecule has 0 spiro atoms. The Morgan fingerprint density at radius 2 is 2.18 bits per heavy atom. The van der Waals surface area contributed by atoms with Gasteiger partial charge in [0, 0.05) is 18.6 Å². The molecular weight excluding hydrogens is 214 g/mol. The maximum Gasteiger partial charge on any atom is 0.241 e. The Hall–Kier alpha value is -0.870. The van der Waals surface area contributed by atoms with Gasteiger partial charge in [-0.3, -0.25) is 10.1 Å². The van der Waals surface area contributed by atoms with Crippen LogP contribution in [0.3, 0.4) is 0 Å². The van der Waals surface area contributed by atoms with Crippen molar-refractivity contribution in [3.05, 3.63) is 12.2 Å². The van der Waals surface area contributed by atoms with E-state index in [1.807, 2.05) is 12.2 Å². The molecule has 0 saturated carbocycles. The molecule has 4 heteroatoms. The first-order valence-electron chi connectivity index (χ1n) is 6.51. The highest BCUT2D eigenvalue weighted by atomic mass is 16.2. The van der Waals surface area contributed by atoms with Crippen LogP contribution in [-0.2, 0) is 4.79 Å². The second-order valence-corrected chi connectivity index (χ2v) is 5.67. The fourth-order valence-electron chi connectivity index (χ4n) is 2.60. The van der Waals surface area contributed by atoms with Gasteiger partial charge in [-0.1, -0.05) is 12.2 Å².